The Bertz CT molecular complexity index is 545. The molecule has 1 unspecified atom stereocenters. The first-order valence-corrected chi connectivity index (χ1v) is 8.68. The minimum Gasteiger partial charge on any atom is -0.369 e. The van der Waals surface area contributed by atoms with Crippen molar-refractivity contribution in [3.63, 3.8) is 0 Å². The van der Waals surface area contributed by atoms with Crippen LogP contribution in [0, 0.1) is 5.92 Å². The van der Waals surface area contributed by atoms with E-state index < -0.39 is 10.0 Å². The van der Waals surface area contributed by atoms with Crippen molar-refractivity contribution < 1.29 is 8.42 Å². The lowest BCUT2D eigenvalue weighted by molar-refractivity contribution is 0.417. The first-order chi connectivity index (χ1) is 9.55. The molecule has 1 fully saturated rings. The number of anilines is 1. The molecule has 1 aliphatic heterocycles. The Morgan fingerprint density at radius 1 is 1.40 bits per heavy atom. The van der Waals surface area contributed by atoms with Gasteiger partial charge in [0.15, 0.2) is 0 Å². The zero-order valence-electron chi connectivity index (χ0n) is 12.2. The maximum Gasteiger partial charge on any atom is 0.246 e. The van der Waals surface area contributed by atoms with Gasteiger partial charge in [0.25, 0.3) is 0 Å². The van der Waals surface area contributed by atoms with E-state index in [0.29, 0.717) is 31.4 Å². The van der Waals surface area contributed by atoms with Crippen LogP contribution >= 0.6 is 0 Å². The predicted octanol–water partition coefficient (Wildman–Crippen LogP) is 2.32. The molecule has 0 aliphatic carbocycles. The second-order valence-corrected chi connectivity index (χ2v) is 7.23. The van der Waals surface area contributed by atoms with Crippen LogP contribution < -0.4 is 5.32 Å². The molecule has 0 amide bonds. The Morgan fingerprint density at radius 3 is 2.95 bits per heavy atom. The molecule has 2 rings (SSSR count). The number of rotatable bonds is 4. The Morgan fingerprint density at radius 2 is 2.20 bits per heavy atom. The van der Waals surface area contributed by atoms with E-state index in [1.165, 1.54) is 0 Å². The van der Waals surface area contributed by atoms with E-state index in [4.69, 9.17) is 0 Å². The molecule has 5 nitrogen and oxygen atoms in total. The molecule has 1 aromatic rings. The van der Waals surface area contributed by atoms with Crippen molar-refractivity contribution in [3.05, 3.63) is 18.3 Å². The molecular weight excluding hydrogens is 274 g/mol. The number of hydrogen-bond acceptors (Lipinski definition) is 4. The van der Waals surface area contributed by atoms with Gasteiger partial charge in [-0.15, -0.1) is 0 Å². The second kappa shape index (κ2) is 6.54. The molecule has 0 saturated carbocycles. The first-order valence-electron chi connectivity index (χ1n) is 7.24. The van der Waals surface area contributed by atoms with E-state index in [-0.39, 0.29) is 4.90 Å². The van der Waals surface area contributed by atoms with Gasteiger partial charge in [0.05, 0.1) is 0 Å². The third-order valence-electron chi connectivity index (χ3n) is 3.71. The lowest BCUT2D eigenvalue weighted by atomic mass is 10.0. The number of hydrogen-bond donors (Lipinski definition) is 1. The number of pyridine rings is 1. The molecule has 1 N–H and O–H groups in total. The number of nitrogens with one attached hydrogen (secondary N) is 1. The second-order valence-electron chi connectivity index (χ2n) is 5.32. The maximum atomic E-state index is 12.8. The molecule has 6 heteroatoms. The van der Waals surface area contributed by atoms with Gasteiger partial charge in [0.1, 0.15) is 10.7 Å². The molecule has 0 spiro atoms. The topological polar surface area (TPSA) is 62.3 Å². The molecule has 1 aliphatic rings. The van der Waals surface area contributed by atoms with E-state index in [2.05, 4.69) is 17.2 Å². The molecule has 0 bridgehead atoms. The molecular formula is C14H23N3O2S. The van der Waals surface area contributed by atoms with Gasteiger partial charge in [0, 0.05) is 25.8 Å². The van der Waals surface area contributed by atoms with Gasteiger partial charge >= 0.3 is 0 Å². The van der Waals surface area contributed by atoms with Crippen molar-refractivity contribution in [3.8, 4) is 0 Å². The third-order valence-corrected chi connectivity index (χ3v) is 5.64. The zero-order valence-corrected chi connectivity index (χ0v) is 13.0. The quantitative estimate of drug-likeness (QED) is 0.926. The SMILES string of the molecule is CCNc1ncccc1S(=O)(=O)N1CCCC(C)CC1. The van der Waals surface area contributed by atoms with Crippen molar-refractivity contribution in [2.24, 2.45) is 5.92 Å². The number of nitrogens with zero attached hydrogens (tertiary/aromatic N) is 2. The highest BCUT2D eigenvalue weighted by molar-refractivity contribution is 7.89. The average molecular weight is 297 g/mol. The van der Waals surface area contributed by atoms with Crippen LogP contribution in [0.5, 0.6) is 0 Å². The molecule has 1 atom stereocenters. The standard InChI is InChI=1S/C14H23N3O2S/c1-3-15-14-13(7-4-9-16-14)20(18,19)17-10-5-6-12(2)8-11-17/h4,7,9,12H,3,5-6,8,10-11H2,1-2H3,(H,15,16). The van der Waals surface area contributed by atoms with E-state index in [1.54, 1.807) is 22.6 Å². The molecule has 1 aromatic heterocycles. The van der Waals surface area contributed by atoms with Crippen molar-refractivity contribution in [2.75, 3.05) is 25.0 Å². The fraction of sp³-hybridized carbons (Fsp3) is 0.643. The van der Waals surface area contributed by atoms with Crippen LogP contribution in [-0.4, -0.2) is 37.3 Å². The Kier molecular flexibility index (Phi) is 4.99. The minimum absolute atomic E-state index is 0.288. The highest BCUT2D eigenvalue weighted by Gasteiger charge is 2.28. The van der Waals surface area contributed by atoms with Crippen molar-refractivity contribution in [1.29, 1.82) is 0 Å². The maximum absolute atomic E-state index is 12.8. The van der Waals surface area contributed by atoms with Gasteiger partial charge in [-0.05, 0) is 44.2 Å². The van der Waals surface area contributed by atoms with E-state index >= 15 is 0 Å². The summed E-state index contributed by atoms with van der Waals surface area (Å²) in [5.74, 6) is 1.05. The molecule has 0 aromatic carbocycles. The largest absolute Gasteiger partial charge is 0.369 e. The van der Waals surface area contributed by atoms with Gasteiger partial charge < -0.3 is 5.32 Å². The summed E-state index contributed by atoms with van der Waals surface area (Å²) in [7, 11) is -3.45. The Hall–Kier alpha value is -1.14. The summed E-state index contributed by atoms with van der Waals surface area (Å²) < 4.78 is 27.2. The smallest absolute Gasteiger partial charge is 0.246 e. The summed E-state index contributed by atoms with van der Waals surface area (Å²) in [5, 5.41) is 3.03. The third kappa shape index (κ3) is 3.30. The molecule has 1 saturated heterocycles. The highest BCUT2D eigenvalue weighted by Crippen LogP contribution is 2.26. The Labute approximate surface area is 121 Å². The highest BCUT2D eigenvalue weighted by atomic mass is 32.2. The van der Waals surface area contributed by atoms with Crippen molar-refractivity contribution in [1.82, 2.24) is 9.29 Å². The van der Waals surface area contributed by atoms with Gasteiger partial charge in [0.2, 0.25) is 10.0 Å². The fourth-order valence-electron chi connectivity index (χ4n) is 2.51. The molecule has 20 heavy (non-hydrogen) atoms. The van der Waals surface area contributed by atoms with Gasteiger partial charge in [-0.1, -0.05) is 6.92 Å². The summed E-state index contributed by atoms with van der Waals surface area (Å²) in [6.07, 6.45) is 4.56. The lowest BCUT2D eigenvalue weighted by Crippen LogP contribution is -2.32. The van der Waals surface area contributed by atoms with Crippen molar-refractivity contribution in [2.45, 2.75) is 38.0 Å². The van der Waals surface area contributed by atoms with Gasteiger partial charge in [-0.2, -0.15) is 4.31 Å². The van der Waals surface area contributed by atoms with Crippen LogP contribution in [-0.2, 0) is 10.0 Å². The summed E-state index contributed by atoms with van der Waals surface area (Å²) in [6.45, 7) is 5.97. The Balaban J connectivity index is 2.30. The zero-order chi connectivity index (χ0) is 14.6. The van der Waals surface area contributed by atoms with Gasteiger partial charge in [-0.25, -0.2) is 13.4 Å². The van der Waals surface area contributed by atoms with E-state index in [0.717, 1.165) is 19.3 Å². The average Bonchev–Trinajstić information content (AvgIpc) is 2.65. The van der Waals surface area contributed by atoms with Crippen LogP contribution in [0.2, 0.25) is 0 Å². The van der Waals surface area contributed by atoms with Crippen molar-refractivity contribution >= 4 is 15.8 Å². The lowest BCUT2D eigenvalue weighted by Gasteiger charge is -2.21. The van der Waals surface area contributed by atoms with E-state index in [9.17, 15) is 8.42 Å². The van der Waals surface area contributed by atoms with Gasteiger partial charge in [-0.3, -0.25) is 0 Å². The van der Waals surface area contributed by atoms with Crippen LogP contribution in [0.25, 0.3) is 0 Å². The summed E-state index contributed by atoms with van der Waals surface area (Å²) in [5.41, 5.74) is 0. The molecule has 0 radical (unpaired) electrons. The molecule has 2 heterocycles. The summed E-state index contributed by atoms with van der Waals surface area (Å²) in [4.78, 5) is 4.44. The first kappa shape index (κ1) is 15.3. The van der Waals surface area contributed by atoms with Crippen LogP contribution in [0.3, 0.4) is 0 Å². The predicted molar refractivity (Wildman–Crippen MR) is 80.2 cm³/mol. The number of sulfonamides is 1. The van der Waals surface area contributed by atoms with Crippen LogP contribution in [0.4, 0.5) is 5.82 Å². The summed E-state index contributed by atoms with van der Waals surface area (Å²) in [6, 6.07) is 3.31. The van der Waals surface area contributed by atoms with Crippen LogP contribution in [0.1, 0.15) is 33.1 Å². The minimum atomic E-state index is -3.45. The monoisotopic (exact) mass is 297 g/mol. The summed E-state index contributed by atoms with van der Waals surface area (Å²) >= 11 is 0. The van der Waals surface area contributed by atoms with Crippen LogP contribution in [0.15, 0.2) is 23.2 Å². The normalized spacial score (nSPS) is 21.4. The molecule has 112 valence electrons. The van der Waals surface area contributed by atoms with E-state index in [1.807, 2.05) is 6.92 Å². The fourth-order valence-corrected chi connectivity index (χ4v) is 4.13. The number of aromatic nitrogens is 1.